The molecule has 1 aliphatic heterocycles. The van der Waals surface area contributed by atoms with E-state index in [0.29, 0.717) is 29.8 Å². The lowest BCUT2D eigenvalue weighted by atomic mass is 9.78. The molecule has 360 valence electrons. The number of carbonyl (C=O) groups is 4. The average Bonchev–Trinajstić information content (AvgIpc) is 3.51. The van der Waals surface area contributed by atoms with Gasteiger partial charge in [-0.15, -0.1) is 0 Å². The quantitative estimate of drug-likeness (QED) is 0.0813. The number of methoxy groups -OCH3 is 2. The molecule has 1 aliphatic rings. The third kappa shape index (κ3) is 14.9. The van der Waals surface area contributed by atoms with Gasteiger partial charge in [0, 0.05) is 41.2 Å². The van der Waals surface area contributed by atoms with Crippen LogP contribution >= 0.6 is 15.9 Å². The second-order valence-electron chi connectivity index (χ2n) is 20.2. The van der Waals surface area contributed by atoms with Gasteiger partial charge in [0.2, 0.25) is 0 Å². The Morgan fingerprint density at radius 1 is 0.603 bits per heavy atom. The summed E-state index contributed by atoms with van der Waals surface area (Å²) in [4.78, 5) is 58.4. The van der Waals surface area contributed by atoms with Crippen LogP contribution < -0.4 is 16.1 Å². The molecule has 0 spiro atoms. The van der Waals surface area contributed by atoms with E-state index in [1.807, 2.05) is 125 Å². The first-order chi connectivity index (χ1) is 31.9. The third-order valence-electron chi connectivity index (χ3n) is 12.3. The summed E-state index contributed by atoms with van der Waals surface area (Å²) in [5.41, 5.74) is 6.42. The van der Waals surface area contributed by atoms with Gasteiger partial charge in [0.05, 0.1) is 42.7 Å². The predicted octanol–water partition coefficient (Wildman–Crippen LogP) is 9.30. The number of carbonyl (C=O) groups excluding carboxylic acids is 4. The van der Waals surface area contributed by atoms with Gasteiger partial charge in [0.15, 0.2) is 5.82 Å². The van der Waals surface area contributed by atoms with E-state index in [9.17, 15) is 19.2 Å². The zero-order chi connectivity index (χ0) is 50.0. The molecule has 0 saturated carbocycles. The molecule has 4 aromatic carbocycles. The fraction of sp³-hybridized carbons (Fsp3) is 0.407. The Labute approximate surface area is 411 Å². The monoisotopic (exact) mass is 988 g/mol. The van der Waals surface area contributed by atoms with Gasteiger partial charge in [0.1, 0.15) is 0 Å². The molecule has 2 heterocycles. The molecule has 0 unspecified atom stereocenters. The Morgan fingerprint density at radius 3 is 1.32 bits per heavy atom. The molecule has 2 N–H and O–H groups in total. The van der Waals surface area contributed by atoms with Gasteiger partial charge in [-0.2, -0.15) is 0 Å². The Hall–Kier alpha value is -5.70. The van der Waals surface area contributed by atoms with E-state index in [4.69, 9.17) is 18.8 Å². The SMILES string of the molecule is COC(=O)C[C@H](Cc1ccc(-c2ncc(Br)cn2)cc1)NC(=O)c1ccc(C(C)(C)C)cc1.COC(=O)C[C@H](Cc1ccc(B2OC(C)(C)C(C)(C)O2)cc1)NC(=O)c1ccc(C(C)(C)C)cc1. The van der Waals surface area contributed by atoms with Crippen LogP contribution in [0.15, 0.2) is 114 Å². The second kappa shape index (κ2) is 22.6. The minimum absolute atomic E-state index is 0.00860. The van der Waals surface area contributed by atoms with E-state index in [1.54, 1.807) is 12.4 Å². The van der Waals surface area contributed by atoms with Gasteiger partial charge in [-0.3, -0.25) is 19.2 Å². The van der Waals surface area contributed by atoms with Crippen molar-refractivity contribution in [3.05, 3.63) is 147 Å². The van der Waals surface area contributed by atoms with Crippen LogP contribution in [0.5, 0.6) is 0 Å². The first-order valence-corrected chi connectivity index (χ1v) is 23.6. The molecule has 1 aromatic heterocycles. The van der Waals surface area contributed by atoms with Crippen LogP contribution in [0.1, 0.15) is 125 Å². The fourth-order valence-corrected chi connectivity index (χ4v) is 7.51. The van der Waals surface area contributed by atoms with Gasteiger partial charge in [-0.1, -0.05) is 114 Å². The average molecular weight is 990 g/mol. The number of rotatable bonds is 14. The molecule has 0 bridgehead atoms. The highest BCUT2D eigenvalue weighted by Crippen LogP contribution is 2.36. The molecular weight excluding hydrogens is 923 g/mol. The van der Waals surface area contributed by atoms with E-state index >= 15 is 0 Å². The lowest BCUT2D eigenvalue weighted by Gasteiger charge is -2.32. The number of nitrogens with one attached hydrogen (secondary N) is 2. The van der Waals surface area contributed by atoms with Crippen molar-refractivity contribution >= 4 is 52.3 Å². The van der Waals surface area contributed by atoms with Crippen molar-refractivity contribution in [1.82, 2.24) is 20.6 Å². The van der Waals surface area contributed by atoms with E-state index in [0.717, 1.165) is 37.8 Å². The summed E-state index contributed by atoms with van der Waals surface area (Å²) in [6, 6.07) is 30.0. The molecular formula is C54H66BBrN4O8. The summed E-state index contributed by atoms with van der Waals surface area (Å²) in [6.45, 7) is 20.9. The van der Waals surface area contributed by atoms with Crippen molar-refractivity contribution in [2.75, 3.05) is 14.2 Å². The zero-order valence-electron chi connectivity index (χ0n) is 41.5. The molecule has 0 radical (unpaired) electrons. The van der Waals surface area contributed by atoms with Gasteiger partial charge < -0.3 is 29.4 Å². The molecule has 2 atom stereocenters. The molecule has 5 aromatic rings. The lowest BCUT2D eigenvalue weighted by Crippen LogP contribution is -2.41. The standard InChI is InChI=1S/C28H38BNO5.C26H28BrN3O3/c1-26(2,3)21-13-11-20(12-14-21)25(32)30-23(18-24(31)33-8)17-19-9-15-22(16-10-19)29-34-27(4,5)28(6,7)35-29;1-26(2,3)20-11-9-19(10-12-20)25(32)30-22(14-23(31)33-4)13-17-5-7-18(8-6-17)24-28-15-21(27)16-29-24/h9-16,23H,17-18H2,1-8H3,(H,30,32);5-12,15-16,22H,13-14H2,1-4H3,(H,30,32)/t23-;22-/m00/s1. The number of amides is 2. The molecule has 2 amide bonds. The van der Waals surface area contributed by atoms with Crippen LogP contribution in [-0.4, -0.2) is 78.3 Å². The Morgan fingerprint density at radius 2 is 0.971 bits per heavy atom. The zero-order valence-corrected chi connectivity index (χ0v) is 43.1. The van der Waals surface area contributed by atoms with Crippen molar-refractivity contribution in [3.8, 4) is 11.4 Å². The maximum absolute atomic E-state index is 12.9. The summed E-state index contributed by atoms with van der Waals surface area (Å²) < 4.78 is 22.8. The van der Waals surface area contributed by atoms with Crippen LogP contribution in [0.3, 0.4) is 0 Å². The van der Waals surface area contributed by atoms with E-state index in [2.05, 4.69) is 78.1 Å². The normalized spacial score (nSPS) is 15.0. The first kappa shape index (κ1) is 53.3. The summed E-state index contributed by atoms with van der Waals surface area (Å²) in [6.07, 6.45) is 4.55. The highest BCUT2D eigenvalue weighted by Gasteiger charge is 2.51. The minimum Gasteiger partial charge on any atom is -0.469 e. The third-order valence-corrected chi connectivity index (χ3v) is 12.7. The largest absolute Gasteiger partial charge is 0.494 e. The number of esters is 2. The van der Waals surface area contributed by atoms with Crippen molar-refractivity contribution in [2.24, 2.45) is 0 Å². The molecule has 68 heavy (non-hydrogen) atoms. The number of ether oxygens (including phenoxy) is 2. The minimum atomic E-state index is -0.435. The Balaban J connectivity index is 0.000000255. The van der Waals surface area contributed by atoms with Crippen molar-refractivity contribution in [1.29, 1.82) is 0 Å². The Bertz CT molecular complexity index is 2470. The van der Waals surface area contributed by atoms with Crippen LogP contribution in [0.4, 0.5) is 0 Å². The van der Waals surface area contributed by atoms with E-state index < -0.39 is 30.4 Å². The predicted molar refractivity (Wildman–Crippen MR) is 271 cm³/mol. The molecule has 0 aliphatic carbocycles. The topological polar surface area (TPSA) is 155 Å². The van der Waals surface area contributed by atoms with Crippen molar-refractivity contribution < 1.29 is 38.0 Å². The number of hydrogen-bond donors (Lipinski definition) is 2. The van der Waals surface area contributed by atoms with Crippen LogP contribution in [0.2, 0.25) is 0 Å². The van der Waals surface area contributed by atoms with Crippen molar-refractivity contribution in [3.63, 3.8) is 0 Å². The number of hydrogen-bond acceptors (Lipinski definition) is 10. The summed E-state index contributed by atoms with van der Waals surface area (Å²) in [5.74, 6) is -0.546. The fourth-order valence-electron chi connectivity index (χ4n) is 7.31. The maximum Gasteiger partial charge on any atom is 0.494 e. The van der Waals surface area contributed by atoms with Gasteiger partial charge >= 0.3 is 19.1 Å². The first-order valence-electron chi connectivity index (χ1n) is 22.8. The smallest absolute Gasteiger partial charge is 0.469 e. The number of benzene rings is 4. The molecule has 1 fully saturated rings. The van der Waals surface area contributed by atoms with Gasteiger partial charge in [0.25, 0.3) is 11.8 Å². The number of nitrogens with zero attached hydrogens (tertiary/aromatic N) is 2. The molecule has 12 nitrogen and oxygen atoms in total. The van der Waals surface area contributed by atoms with Crippen molar-refractivity contribution in [2.45, 2.75) is 129 Å². The summed E-state index contributed by atoms with van der Waals surface area (Å²) in [5, 5.41) is 6.00. The summed E-state index contributed by atoms with van der Waals surface area (Å²) in [7, 11) is 2.27. The second-order valence-corrected chi connectivity index (χ2v) is 21.1. The van der Waals surface area contributed by atoms with E-state index in [-0.39, 0.29) is 47.4 Å². The van der Waals surface area contributed by atoms with E-state index in [1.165, 1.54) is 14.2 Å². The molecule has 1 saturated heterocycles. The summed E-state index contributed by atoms with van der Waals surface area (Å²) >= 11 is 3.33. The maximum atomic E-state index is 12.9. The molecule has 14 heteroatoms. The number of halogens is 1. The number of aromatic nitrogens is 2. The van der Waals surface area contributed by atoms with Crippen LogP contribution in [0.25, 0.3) is 11.4 Å². The van der Waals surface area contributed by atoms with Crippen LogP contribution in [0, 0.1) is 0 Å². The highest BCUT2D eigenvalue weighted by atomic mass is 79.9. The highest BCUT2D eigenvalue weighted by molar-refractivity contribution is 9.10. The molecule has 6 rings (SSSR count). The van der Waals surface area contributed by atoms with Gasteiger partial charge in [-0.05, 0) is 119 Å². The lowest BCUT2D eigenvalue weighted by molar-refractivity contribution is -0.142. The van der Waals surface area contributed by atoms with Gasteiger partial charge in [-0.25, -0.2) is 9.97 Å². The van der Waals surface area contributed by atoms with Crippen LogP contribution in [-0.2, 0) is 52.0 Å². The Kier molecular flexibility index (Phi) is 17.7.